The number of alkyl halides is 8. The molecule has 14 heteroatoms. The first kappa shape index (κ1) is 33.0. The van der Waals surface area contributed by atoms with Gasteiger partial charge in [-0.05, 0) is 83.0 Å². The van der Waals surface area contributed by atoms with Crippen molar-refractivity contribution in [3.05, 3.63) is 0 Å². The van der Waals surface area contributed by atoms with E-state index in [1.54, 1.807) is 0 Å². The zero-order chi connectivity index (χ0) is 25.0. The highest BCUT2D eigenvalue weighted by atomic mass is 80.0. The average molecular weight is 976 g/mol. The van der Waals surface area contributed by atoms with Crippen molar-refractivity contribution in [2.24, 2.45) is 0 Å². The topological polar surface area (TPSA) is 71.1 Å². The van der Waals surface area contributed by atoms with Gasteiger partial charge in [0.25, 0.3) is 0 Å². The maximum Gasteiger partial charge on any atom is 0.232 e. The van der Waals surface area contributed by atoms with Gasteiger partial charge in [0.05, 0.1) is 0 Å². The van der Waals surface area contributed by atoms with Gasteiger partial charge in [-0.3, -0.25) is 9.59 Å². The van der Waals surface area contributed by atoms with Gasteiger partial charge in [-0.1, -0.05) is 84.5 Å². The minimum atomic E-state index is -1.98. The van der Waals surface area contributed by atoms with E-state index in [0.29, 0.717) is 25.7 Å². The fourth-order valence-electron chi connectivity index (χ4n) is 2.73. The van der Waals surface area contributed by atoms with Gasteiger partial charge in [-0.2, -0.15) is 0 Å². The normalized spacial score (nSPS) is 34.7. The monoisotopic (exact) mass is 968 g/mol. The molecule has 1 aliphatic rings. The van der Waals surface area contributed by atoms with E-state index >= 15 is 0 Å². The average Bonchev–Trinajstić information content (AvgIpc) is 2.70. The quantitative estimate of drug-likeness (QED) is 0.187. The molecule has 0 heterocycles. The summed E-state index contributed by atoms with van der Waals surface area (Å²) in [5.74, 6) is -1.27. The number of halogens is 8. The van der Waals surface area contributed by atoms with Crippen LogP contribution in [0.1, 0.15) is 46.5 Å². The second-order valence-electron chi connectivity index (χ2n) is 6.93. The molecule has 5 atom stereocenters. The number of ether oxygens (including phenoxy) is 4. The summed E-state index contributed by atoms with van der Waals surface area (Å²) in [5.41, 5.74) is 0. The Morgan fingerprint density at radius 1 is 0.719 bits per heavy atom. The smallest absolute Gasteiger partial charge is 0.232 e. The minimum Gasteiger partial charge on any atom is -0.353 e. The number of ketones is 2. The third-order valence-electron chi connectivity index (χ3n) is 4.19. The number of carbonyl (C=O) groups is 2. The van der Waals surface area contributed by atoms with Crippen molar-refractivity contribution >= 4 is 139 Å². The van der Waals surface area contributed by atoms with Crippen LogP contribution >= 0.6 is 127 Å². The first-order valence-corrected chi connectivity index (χ1v) is 16.2. The first-order valence-electron chi connectivity index (χ1n) is 9.75. The summed E-state index contributed by atoms with van der Waals surface area (Å²) < 4.78 is 15.6. The molecule has 1 saturated carbocycles. The van der Waals surface area contributed by atoms with Crippen LogP contribution in [-0.2, 0) is 28.5 Å². The lowest BCUT2D eigenvalue weighted by Gasteiger charge is -2.54. The van der Waals surface area contributed by atoms with E-state index in [1.165, 1.54) is 0 Å². The van der Waals surface area contributed by atoms with Crippen molar-refractivity contribution in [2.75, 3.05) is 19.8 Å². The van der Waals surface area contributed by atoms with E-state index in [0.717, 1.165) is 0 Å². The highest BCUT2D eigenvalue weighted by molar-refractivity contribution is 9.39. The number of hydrogen-bond donors (Lipinski definition) is 0. The fourth-order valence-corrected chi connectivity index (χ4v) is 9.45. The largest absolute Gasteiger partial charge is 0.353 e. The summed E-state index contributed by atoms with van der Waals surface area (Å²) in [6.45, 7) is 6.23. The fraction of sp³-hybridized carbons (Fsp3) is 0.889. The maximum atomic E-state index is 14.1. The number of hydrogen-bond acceptors (Lipinski definition) is 6. The van der Waals surface area contributed by atoms with Crippen molar-refractivity contribution in [3.8, 4) is 0 Å². The summed E-state index contributed by atoms with van der Waals surface area (Å²) in [7, 11) is 0. The molecule has 1 fully saturated rings. The van der Waals surface area contributed by atoms with E-state index in [1.807, 2.05) is 20.8 Å². The van der Waals surface area contributed by atoms with Crippen LogP contribution in [0.4, 0.5) is 0 Å². The molecule has 6 nitrogen and oxygen atoms in total. The number of rotatable bonds is 12. The first-order chi connectivity index (χ1) is 14.6. The van der Waals surface area contributed by atoms with Crippen molar-refractivity contribution in [3.63, 3.8) is 0 Å². The molecule has 1 aliphatic carbocycles. The second kappa shape index (κ2) is 13.2. The lowest BCUT2D eigenvalue weighted by atomic mass is 9.85. The zero-order valence-electron chi connectivity index (χ0n) is 17.5. The van der Waals surface area contributed by atoms with Gasteiger partial charge in [-0.15, -0.1) is 0 Å². The molecule has 0 bridgehead atoms. The van der Waals surface area contributed by atoms with Crippen LogP contribution in [0, 0.1) is 0 Å². The Morgan fingerprint density at radius 3 is 1.34 bits per heavy atom. The second-order valence-corrected chi connectivity index (χ2v) is 19.7. The van der Waals surface area contributed by atoms with Crippen LogP contribution in [0.25, 0.3) is 0 Å². The molecule has 188 valence electrons. The molecule has 0 aliphatic heterocycles. The van der Waals surface area contributed by atoms with Crippen LogP contribution in [0.5, 0.6) is 0 Å². The minimum absolute atomic E-state index is 0.176. The zero-order valence-corrected chi connectivity index (χ0v) is 30.2. The van der Waals surface area contributed by atoms with Gasteiger partial charge in [0.1, 0.15) is 7.16 Å². The number of Topliss-reactive ketones (excluding diaryl/α,β-unsaturated/α-hetero) is 2. The SMILES string of the molecule is CCCOC1(Br)C(=O)C(Br)(OCCC)C(Br)(OC(Br)CC(Br)(Br)Br)C(=O)C1(Br)OCCC. The summed E-state index contributed by atoms with van der Waals surface area (Å²) in [6, 6.07) is 0. The van der Waals surface area contributed by atoms with E-state index in [2.05, 4.69) is 127 Å². The predicted octanol–water partition coefficient (Wildman–Crippen LogP) is 7.75. The molecule has 1 rings (SSSR count). The van der Waals surface area contributed by atoms with E-state index in [-0.39, 0.29) is 19.8 Å². The molecule has 0 aromatic carbocycles. The van der Waals surface area contributed by atoms with Gasteiger partial charge >= 0.3 is 0 Å². The standard InChI is InChI=1S/C18H24Br8O6/c1-4-7-29-15(23)12(27)17(25,31-9-6-3)18(26,32-11(19)10-14(20,21)22)13(28)16(15,24)30-8-5-2/h11H,4-10H2,1-3H3. The van der Waals surface area contributed by atoms with E-state index in [9.17, 15) is 9.59 Å². The van der Waals surface area contributed by atoms with Gasteiger partial charge in [0, 0.05) is 26.2 Å². The van der Waals surface area contributed by atoms with Crippen LogP contribution < -0.4 is 0 Å². The van der Waals surface area contributed by atoms with Crippen LogP contribution in [0.15, 0.2) is 0 Å². The molecule has 0 radical (unpaired) electrons. The van der Waals surface area contributed by atoms with Crippen molar-refractivity contribution in [2.45, 2.75) is 71.7 Å². The summed E-state index contributed by atoms with van der Waals surface area (Å²) >= 11 is 27.3. The maximum absolute atomic E-state index is 14.1. The molecule has 0 amide bonds. The van der Waals surface area contributed by atoms with Crippen molar-refractivity contribution < 1.29 is 28.5 Å². The Kier molecular flexibility index (Phi) is 13.6. The predicted molar refractivity (Wildman–Crippen MR) is 153 cm³/mol. The Hall–Kier alpha value is 3.02. The molecule has 0 saturated heterocycles. The Bertz CT molecular complexity index is 678. The van der Waals surface area contributed by atoms with Gasteiger partial charge < -0.3 is 18.9 Å². The molecule has 0 aromatic heterocycles. The third kappa shape index (κ3) is 6.91. The molecule has 5 unspecified atom stereocenters. The van der Waals surface area contributed by atoms with E-state index < -0.39 is 36.8 Å². The summed E-state index contributed by atoms with van der Waals surface area (Å²) in [6.07, 6.45) is 2.13. The summed E-state index contributed by atoms with van der Waals surface area (Å²) in [5, 5.41) is -0.707. The molecular weight excluding hydrogens is 951 g/mol. The highest BCUT2D eigenvalue weighted by Crippen LogP contribution is 2.60. The van der Waals surface area contributed by atoms with Crippen molar-refractivity contribution in [1.29, 1.82) is 0 Å². The Balaban J connectivity index is 3.67. The lowest BCUT2D eigenvalue weighted by molar-refractivity contribution is -0.208. The molecule has 0 aromatic rings. The van der Waals surface area contributed by atoms with Gasteiger partial charge in [-0.25, -0.2) is 0 Å². The molecule has 0 N–H and O–H groups in total. The third-order valence-corrected chi connectivity index (χ3v) is 11.3. The molecule has 32 heavy (non-hydrogen) atoms. The van der Waals surface area contributed by atoms with E-state index in [4.69, 9.17) is 18.9 Å². The Labute approximate surface area is 256 Å². The molecule has 0 spiro atoms. The Morgan fingerprint density at radius 2 is 1.03 bits per heavy atom. The van der Waals surface area contributed by atoms with Crippen LogP contribution in [0.2, 0.25) is 0 Å². The van der Waals surface area contributed by atoms with Gasteiger partial charge in [0.2, 0.25) is 29.6 Å². The van der Waals surface area contributed by atoms with Gasteiger partial charge in [0.15, 0.2) is 0 Å². The number of carbonyl (C=O) groups excluding carboxylic acids is 2. The molecular formula is C18H24Br8O6. The van der Waals surface area contributed by atoms with Crippen LogP contribution in [-0.4, -0.2) is 56.6 Å². The van der Waals surface area contributed by atoms with Crippen LogP contribution in [0.3, 0.4) is 0 Å². The lowest BCUT2D eigenvalue weighted by Crippen LogP contribution is -2.79. The van der Waals surface area contributed by atoms with Crippen molar-refractivity contribution in [1.82, 2.24) is 0 Å². The highest BCUT2D eigenvalue weighted by Gasteiger charge is 2.80. The summed E-state index contributed by atoms with van der Waals surface area (Å²) in [4.78, 5) is 28.1.